The van der Waals surface area contributed by atoms with Crippen molar-refractivity contribution >= 4 is 17.4 Å². The van der Waals surface area contributed by atoms with Gasteiger partial charge in [-0.2, -0.15) is 0 Å². The standard InChI is InChI=1S/C17H16N2O6/c1-18(23)16(21)15(20)11-17(22,12-7-3-2-4-8-12)13-9-5-6-10-14(13)19(24)25/h2-10,22-23H,11H2,1H3. The lowest BCUT2D eigenvalue weighted by atomic mass is 9.81. The van der Waals surface area contributed by atoms with Gasteiger partial charge in [0.2, 0.25) is 5.78 Å². The summed E-state index contributed by atoms with van der Waals surface area (Å²) in [5.74, 6) is -2.32. The molecule has 0 aliphatic heterocycles. The van der Waals surface area contributed by atoms with Crippen LogP contribution >= 0.6 is 0 Å². The number of aliphatic hydroxyl groups is 1. The first-order chi connectivity index (χ1) is 11.8. The van der Waals surface area contributed by atoms with Gasteiger partial charge < -0.3 is 5.11 Å². The van der Waals surface area contributed by atoms with E-state index in [1.165, 1.54) is 36.4 Å². The van der Waals surface area contributed by atoms with Crippen LogP contribution in [0, 0.1) is 10.1 Å². The van der Waals surface area contributed by atoms with Crippen molar-refractivity contribution < 1.29 is 24.8 Å². The molecule has 2 aromatic carbocycles. The fourth-order valence-corrected chi connectivity index (χ4v) is 2.54. The van der Waals surface area contributed by atoms with Crippen LogP contribution in [0.2, 0.25) is 0 Å². The van der Waals surface area contributed by atoms with Crippen LogP contribution in [0.15, 0.2) is 54.6 Å². The highest BCUT2D eigenvalue weighted by Gasteiger charge is 2.41. The molecule has 1 atom stereocenters. The van der Waals surface area contributed by atoms with Crippen molar-refractivity contribution in [3.8, 4) is 0 Å². The Balaban J connectivity index is 2.61. The van der Waals surface area contributed by atoms with Gasteiger partial charge in [0.15, 0.2) is 0 Å². The van der Waals surface area contributed by atoms with Crippen LogP contribution in [0.5, 0.6) is 0 Å². The maximum atomic E-state index is 12.1. The zero-order valence-electron chi connectivity index (χ0n) is 13.3. The van der Waals surface area contributed by atoms with Gasteiger partial charge in [-0.05, 0) is 11.6 Å². The molecule has 0 radical (unpaired) electrons. The van der Waals surface area contributed by atoms with Crippen molar-refractivity contribution in [3.05, 3.63) is 75.8 Å². The Kier molecular flexibility index (Phi) is 5.26. The second-order valence-corrected chi connectivity index (χ2v) is 5.43. The number of nitro groups is 1. The van der Waals surface area contributed by atoms with Crippen LogP contribution in [0.3, 0.4) is 0 Å². The van der Waals surface area contributed by atoms with Gasteiger partial charge in [0, 0.05) is 13.1 Å². The molecule has 1 unspecified atom stereocenters. The van der Waals surface area contributed by atoms with Crippen LogP contribution in [-0.2, 0) is 15.2 Å². The number of benzene rings is 2. The van der Waals surface area contributed by atoms with Gasteiger partial charge in [-0.25, -0.2) is 5.06 Å². The summed E-state index contributed by atoms with van der Waals surface area (Å²) in [6.45, 7) is 0. The summed E-state index contributed by atoms with van der Waals surface area (Å²) in [4.78, 5) is 34.5. The van der Waals surface area contributed by atoms with Crippen LogP contribution in [0.25, 0.3) is 0 Å². The molecule has 0 aromatic heterocycles. The molecule has 0 spiro atoms. The lowest BCUT2D eigenvalue weighted by Gasteiger charge is -2.28. The van der Waals surface area contributed by atoms with Crippen molar-refractivity contribution in [1.29, 1.82) is 0 Å². The number of likely N-dealkylation sites (N-methyl/N-ethyl adjacent to an activating group) is 1. The van der Waals surface area contributed by atoms with E-state index < -0.39 is 28.6 Å². The molecule has 2 rings (SSSR count). The molecular weight excluding hydrogens is 328 g/mol. The Morgan fingerprint density at radius 3 is 2.24 bits per heavy atom. The number of carbonyl (C=O) groups is 2. The third kappa shape index (κ3) is 3.70. The Labute approximate surface area is 143 Å². The van der Waals surface area contributed by atoms with Gasteiger partial charge in [-0.1, -0.05) is 42.5 Å². The molecule has 130 valence electrons. The molecule has 0 bridgehead atoms. The third-order valence-electron chi connectivity index (χ3n) is 3.75. The van der Waals surface area contributed by atoms with E-state index in [0.29, 0.717) is 0 Å². The predicted molar refractivity (Wildman–Crippen MR) is 86.7 cm³/mol. The molecule has 8 nitrogen and oxygen atoms in total. The fourth-order valence-electron chi connectivity index (χ4n) is 2.54. The lowest BCUT2D eigenvalue weighted by molar-refractivity contribution is -0.386. The monoisotopic (exact) mass is 344 g/mol. The molecule has 0 aliphatic carbocycles. The van der Waals surface area contributed by atoms with E-state index in [-0.39, 0.29) is 21.9 Å². The number of nitro benzene ring substituents is 1. The number of rotatable bonds is 6. The SMILES string of the molecule is CN(O)C(=O)C(=O)CC(O)(c1ccccc1)c1ccccc1[N+](=O)[O-]. The normalized spacial score (nSPS) is 12.9. The number of nitrogens with zero attached hydrogens (tertiary/aromatic N) is 2. The van der Waals surface area contributed by atoms with Crippen molar-refractivity contribution in [2.75, 3.05) is 7.05 Å². The highest BCUT2D eigenvalue weighted by atomic mass is 16.6. The Bertz CT molecular complexity index is 806. The molecule has 0 heterocycles. The summed E-state index contributed by atoms with van der Waals surface area (Å²) in [7, 11) is 0.979. The van der Waals surface area contributed by atoms with Crippen molar-refractivity contribution in [2.24, 2.45) is 0 Å². The minimum absolute atomic E-state index is 0.104. The average molecular weight is 344 g/mol. The van der Waals surface area contributed by atoms with E-state index in [1.807, 2.05) is 0 Å². The van der Waals surface area contributed by atoms with Crippen molar-refractivity contribution in [2.45, 2.75) is 12.0 Å². The summed E-state index contributed by atoms with van der Waals surface area (Å²) in [5.41, 5.74) is -2.39. The summed E-state index contributed by atoms with van der Waals surface area (Å²) in [6.07, 6.45) is -0.758. The van der Waals surface area contributed by atoms with E-state index in [0.717, 1.165) is 7.05 Å². The molecule has 1 amide bonds. The minimum Gasteiger partial charge on any atom is -0.380 e. The first kappa shape index (κ1) is 18.2. The number of carbonyl (C=O) groups excluding carboxylic acids is 2. The molecule has 0 aliphatic rings. The number of hydrogen-bond donors (Lipinski definition) is 2. The molecule has 0 fully saturated rings. The molecule has 2 N–H and O–H groups in total. The maximum absolute atomic E-state index is 12.1. The third-order valence-corrected chi connectivity index (χ3v) is 3.75. The number of para-hydroxylation sites is 1. The van der Waals surface area contributed by atoms with Crippen LogP contribution in [0.4, 0.5) is 5.69 Å². The molecule has 0 saturated carbocycles. The quantitative estimate of drug-likeness (QED) is 0.356. The molecule has 8 heteroatoms. The topological polar surface area (TPSA) is 121 Å². The Morgan fingerprint density at radius 1 is 1.12 bits per heavy atom. The Morgan fingerprint density at radius 2 is 1.68 bits per heavy atom. The maximum Gasteiger partial charge on any atom is 0.313 e. The van der Waals surface area contributed by atoms with Gasteiger partial charge in [0.05, 0.1) is 16.9 Å². The summed E-state index contributed by atoms with van der Waals surface area (Å²) >= 11 is 0. The van der Waals surface area contributed by atoms with Gasteiger partial charge in [-0.15, -0.1) is 0 Å². The Hall–Kier alpha value is -3.10. The molecular formula is C17H16N2O6. The molecule has 25 heavy (non-hydrogen) atoms. The van der Waals surface area contributed by atoms with Gasteiger partial charge in [0.1, 0.15) is 5.60 Å². The van der Waals surface area contributed by atoms with Crippen LogP contribution in [-0.4, -0.2) is 39.0 Å². The second-order valence-electron chi connectivity index (χ2n) is 5.43. The van der Waals surface area contributed by atoms with E-state index in [2.05, 4.69) is 0 Å². The number of hydroxylamine groups is 2. The molecule has 2 aromatic rings. The van der Waals surface area contributed by atoms with Gasteiger partial charge in [-0.3, -0.25) is 24.9 Å². The number of amides is 1. The van der Waals surface area contributed by atoms with E-state index in [4.69, 9.17) is 5.21 Å². The van der Waals surface area contributed by atoms with Crippen LogP contribution in [0.1, 0.15) is 17.5 Å². The fraction of sp³-hybridized carbons (Fsp3) is 0.176. The van der Waals surface area contributed by atoms with E-state index >= 15 is 0 Å². The first-order valence-electron chi connectivity index (χ1n) is 7.29. The number of hydrogen-bond acceptors (Lipinski definition) is 6. The van der Waals surface area contributed by atoms with E-state index in [9.17, 15) is 24.8 Å². The highest BCUT2D eigenvalue weighted by Crippen LogP contribution is 2.38. The minimum atomic E-state index is -2.10. The van der Waals surface area contributed by atoms with Gasteiger partial charge in [0.25, 0.3) is 5.69 Å². The summed E-state index contributed by atoms with van der Waals surface area (Å²) in [6, 6.07) is 13.3. The average Bonchev–Trinajstić information content (AvgIpc) is 2.61. The van der Waals surface area contributed by atoms with Crippen molar-refractivity contribution in [1.82, 2.24) is 5.06 Å². The van der Waals surface area contributed by atoms with Crippen LogP contribution < -0.4 is 0 Å². The van der Waals surface area contributed by atoms with E-state index in [1.54, 1.807) is 18.2 Å². The predicted octanol–water partition coefficient (Wildman–Crippen LogP) is 1.64. The summed E-state index contributed by atoms with van der Waals surface area (Å²) in [5, 5.41) is 31.8. The summed E-state index contributed by atoms with van der Waals surface area (Å²) < 4.78 is 0. The smallest absolute Gasteiger partial charge is 0.313 e. The molecule has 0 saturated heterocycles. The highest BCUT2D eigenvalue weighted by molar-refractivity contribution is 6.35. The number of Topliss-reactive ketones (excluding diaryl/α,β-unsaturated/α-hetero) is 1. The van der Waals surface area contributed by atoms with Gasteiger partial charge >= 0.3 is 5.91 Å². The lowest BCUT2D eigenvalue weighted by Crippen LogP contribution is -2.38. The second kappa shape index (κ2) is 7.20. The zero-order chi connectivity index (χ0) is 18.6. The largest absolute Gasteiger partial charge is 0.380 e. The first-order valence-corrected chi connectivity index (χ1v) is 7.29. The number of ketones is 1. The van der Waals surface area contributed by atoms with Crippen molar-refractivity contribution in [3.63, 3.8) is 0 Å². The zero-order valence-corrected chi connectivity index (χ0v) is 13.3.